The number of hydrogen-bond acceptors (Lipinski definition) is 3. The van der Waals surface area contributed by atoms with Gasteiger partial charge in [0, 0.05) is 148 Å². The Hall–Kier alpha value is 1.34. The fraction of sp³-hybridized carbons (Fsp3) is 0. The van der Waals surface area contributed by atoms with E-state index < -0.39 is 40.1 Å². The molecule has 0 saturated heterocycles. The van der Waals surface area contributed by atoms with E-state index in [2.05, 4.69) is 25.9 Å². The maximum atomic E-state index is 13.6. The van der Waals surface area contributed by atoms with Crippen molar-refractivity contribution in [3.05, 3.63) is 51.8 Å². The number of rotatable bonds is 1. The van der Waals surface area contributed by atoms with Crippen molar-refractivity contribution < 1.29 is 22.0 Å². The number of imidazole rings is 1. The summed E-state index contributed by atoms with van der Waals surface area (Å²) in [5, 5.41) is 0. The molecule has 0 atom stereocenters. The topological polar surface area (TPSA) is 28.7 Å². The van der Waals surface area contributed by atoms with E-state index in [1.54, 1.807) is 97.7 Å². The number of fused-ring (bicyclic) bond motifs is 1. The molecule has 0 spiro atoms. The van der Waals surface area contributed by atoms with Crippen molar-refractivity contribution >= 4 is 165 Å². The van der Waals surface area contributed by atoms with Crippen LogP contribution in [0.5, 0.6) is 0 Å². The Balaban J connectivity index is 0.000000271. The first-order valence-electron chi connectivity index (χ1n) is 7.90. The van der Waals surface area contributed by atoms with Gasteiger partial charge in [0.05, 0.1) is 0 Å². The van der Waals surface area contributed by atoms with Crippen LogP contribution in [0.1, 0.15) is 0 Å². The molecule has 0 amide bonds. The second-order valence-corrected chi connectivity index (χ2v) is 28.9. The minimum atomic E-state index is -1.93. The van der Waals surface area contributed by atoms with Crippen LogP contribution in [0.4, 0.5) is 22.0 Å². The minimum absolute atomic E-state index is 0.0559. The maximum absolute atomic E-state index is 13.6. The van der Waals surface area contributed by atoms with Crippen molar-refractivity contribution in [1.29, 1.82) is 0 Å². The van der Waals surface area contributed by atoms with Crippen LogP contribution in [-0.2, 0) is 138 Å². The Labute approximate surface area is 256 Å². The molecule has 1 heterocycles. The van der Waals surface area contributed by atoms with Crippen LogP contribution in [-0.4, -0.2) is 9.97 Å². The van der Waals surface area contributed by atoms with Gasteiger partial charge in [0.2, 0.25) is 0 Å². The molecule has 0 saturated carbocycles. The van der Waals surface area contributed by atoms with Crippen LogP contribution < -0.4 is 0 Å². The Morgan fingerprint density at radius 2 is 1.14 bits per heavy atom. The van der Waals surface area contributed by atoms with E-state index in [-0.39, 0.29) is 15.9 Å². The molecular weight excluding hydrogens is 840 g/mol. The summed E-state index contributed by atoms with van der Waals surface area (Å²) in [4.78, 5) is 6.07. The Morgan fingerprint density at radius 3 is 1.61 bits per heavy atom. The third-order valence-electron chi connectivity index (χ3n) is 3.23. The summed E-state index contributed by atoms with van der Waals surface area (Å²) >= 11 is 12.5. The van der Waals surface area contributed by atoms with E-state index >= 15 is 0 Å². The molecule has 0 bridgehead atoms. The van der Waals surface area contributed by atoms with Crippen LogP contribution in [0.2, 0.25) is 0 Å². The first-order valence-corrected chi connectivity index (χ1v) is 27.4. The summed E-state index contributed by atoms with van der Waals surface area (Å²) in [7, 11) is 21.7. The SMILES string of the molecule is Fc1ccc(-c2nc3c(F)c(F)c(F)c(F)c3[nH]2)c(Br)c1.S=S=S=S=S=S=S=S=S=S=S=S=S=S=S. The highest BCUT2D eigenvalue weighted by Crippen LogP contribution is 2.31. The normalized spacial score (nSPS) is 9.61. The Kier molecular flexibility index (Phi) is 17.4. The van der Waals surface area contributed by atoms with Crippen molar-refractivity contribution in [2.24, 2.45) is 0 Å². The van der Waals surface area contributed by atoms with Gasteiger partial charge in [-0.15, -0.1) is 0 Å². The summed E-state index contributed by atoms with van der Waals surface area (Å²) in [5.74, 6) is -7.61. The molecule has 1 aromatic heterocycles. The van der Waals surface area contributed by atoms with Crippen LogP contribution >= 0.6 is 15.9 Å². The van der Waals surface area contributed by atoms with Crippen LogP contribution in [0.3, 0.4) is 0 Å². The number of hydrogen-bond donors (Lipinski definition) is 1. The molecule has 0 radical (unpaired) electrons. The van der Waals surface area contributed by atoms with Gasteiger partial charge in [-0.25, -0.2) is 26.9 Å². The molecule has 2 aromatic carbocycles. The molecule has 3 aromatic rings. The maximum Gasteiger partial charge on any atom is 0.199 e. The highest BCUT2D eigenvalue weighted by Gasteiger charge is 2.24. The quantitative estimate of drug-likeness (QED) is 0.220. The fourth-order valence-electron chi connectivity index (χ4n) is 2.03. The molecule has 3 rings (SSSR count). The van der Waals surface area contributed by atoms with Gasteiger partial charge in [0.1, 0.15) is 22.7 Å². The molecule has 0 unspecified atom stereocenters. The van der Waals surface area contributed by atoms with Crippen LogP contribution in [0.25, 0.3) is 22.4 Å². The van der Waals surface area contributed by atoms with Crippen molar-refractivity contribution in [1.82, 2.24) is 9.97 Å². The van der Waals surface area contributed by atoms with Crippen LogP contribution in [0, 0.1) is 29.1 Å². The summed E-state index contributed by atoms with van der Waals surface area (Å²) in [6, 6.07) is 3.54. The van der Waals surface area contributed by atoms with E-state index in [1.165, 1.54) is 23.8 Å². The highest BCUT2D eigenvalue weighted by molar-refractivity contribution is 9.10. The first-order chi connectivity index (χ1) is 17.3. The van der Waals surface area contributed by atoms with Gasteiger partial charge in [-0.1, -0.05) is 0 Å². The molecule has 0 aliphatic heterocycles. The smallest absolute Gasteiger partial charge is 0.199 e. The molecular formula is C13H4BrF5N2S15. The van der Waals surface area contributed by atoms with Crippen molar-refractivity contribution in [3.8, 4) is 11.4 Å². The standard InChI is InChI=1S/C13H4BrF5N2.S15/c14-6-3-4(15)1-2-5(6)13-20-11-9(18)7(16)8(17)10(19)12(11)21-13;1-3-5-7-9-11-13-15-14-12-10-8-6-4-2/h1-3H,(H,20,21);. The third-order valence-corrected chi connectivity index (χ3v) is 30.6. The summed E-state index contributed by atoms with van der Waals surface area (Å²) in [6.07, 6.45) is 0. The van der Waals surface area contributed by atoms with Crippen molar-refractivity contribution in [2.45, 2.75) is 0 Å². The number of H-pyrrole nitrogens is 1. The number of halogens is 6. The number of nitrogens with zero attached hydrogens (tertiary/aromatic N) is 1. The number of benzene rings is 2. The lowest BCUT2D eigenvalue weighted by molar-refractivity contribution is 0.417. The van der Waals surface area contributed by atoms with Gasteiger partial charge >= 0.3 is 0 Å². The summed E-state index contributed by atoms with van der Waals surface area (Å²) in [6.45, 7) is 0. The molecule has 2 nitrogen and oxygen atoms in total. The fourth-order valence-corrected chi connectivity index (χ4v) is 32.8. The minimum Gasteiger partial charge on any atom is -0.335 e. The van der Waals surface area contributed by atoms with Gasteiger partial charge in [-0.2, -0.15) is 0 Å². The van der Waals surface area contributed by atoms with Gasteiger partial charge in [0.25, 0.3) is 0 Å². The summed E-state index contributed by atoms with van der Waals surface area (Å²) < 4.78 is 66.8. The zero-order valence-electron chi connectivity index (χ0n) is 16.1. The van der Waals surface area contributed by atoms with Gasteiger partial charge < -0.3 is 4.98 Å². The lowest BCUT2D eigenvalue weighted by Gasteiger charge is -2.00. The predicted octanol–water partition coefficient (Wildman–Crippen LogP) is 4.65. The molecule has 0 aliphatic carbocycles. The first kappa shape index (κ1) is 33.5. The molecule has 0 fully saturated rings. The Morgan fingerprint density at radius 1 is 0.667 bits per heavy atom. The third kappa shape index (κ3) is 10.7. The number of aromatic nitrogens is 2. The Bertz CT molecular complexity index is 1770. The summed E-state index contributed by atoms with van der Waals surface area (Å²) in [5.41, 5.74) is -0.984. The average molecular weight is 844 g/mol. The second-order valence-electron chi connectivity index (χ2n) is 5.07. The lowest BCUT2D eigenvalue weighted by Crippen LogP contribution is -1.97. The zero-order valence-corrected chi connectivity index (χ0v) is 29.9. The van der Waals surface area contributed by atoms with Crippen molar-refractivity contribution in [3.63, 3.8) is 0 Å². The molecule has 23 heteroatoms. The lowest BCUT2D eigenvalue weighted by atomic mass is 10.2. The van der Waals surface area contributed by atoms with Crippen LogP contribution in [0.15, 0.2) is 22.7 Å². The molecule has 0 aliphatic rings. The van der Waals surface area contributed by atoms with Crippen molar-refractivity contribution in [2.75, 3.05) is 0 Å². The molecule has 36 heavy (non-hydrogen) atoms. The highest BCUT2D eigenvalue weighted by atomic mass is 79.9. The predicted molar refractivity (Wildman–Crippen MR) is 179 cm³/mol. The molecule has 1 N–H and O–H groups in total. The number of nitrogens with one attached hydrogen (secondary N) is 1. The van der Waals surface area contributed by atoms with E-state index in [1.807, 2.05) is 0 Å². The second kappa shape index (κ2) is 18.6. The van der Waals surface area contributed by atoms with Gasteiger partial charge in [0.15, 0.2) is 23.3 Å². The van der Waals surface area contributed by atoms with E-state index in [0.717, 1.165) is 12.1 Å². The molecule has 198 valence electrons. The van der Waals surface area contributed by atoms with Gasteiger partial charge in [-0.3, -0.25) is 0 Å². The van der Waals surface area contributed by atoms with E-state index in [9.17, 15) is 22.0 Å². The largest absolute Gasteiger partial charge is 0.335 e. The number of aromatic amines is 1. The van der Waals surface area contributed by atoms with E-state index in [4.69, 9.17) is 22.4 Å². The average Bonchev–Trinajstić information content (AvgIpc) is 3.30. The van der Waals surface area contributed by atoms with Gasteiger partial charge in [-0.05, 0) is 34.1 Å². The van der Waals surface area contributed by atoms with E-state index in [0.29, 0.717) is 0 Å². The monoisotopic (exact) mass is 842 g/mol. The zero-order chi connectivity index (χ0) is 26.5.